The van der Waals surface area contributed by atoms with Crippen LogP contribution in [0.5, 0.6) is 11.5 Å². The summed E-state index contributed by atoms with van der Waals surface area (Å²) in [5, 5.41) is 6.07. The summed E-state index contributed by atoms with van der Waals surface area (Å²) in [6, 6.07) is 4.74. The molecule has 1 saturated heterocycles. The van der Waals surface area contributed by atoms with Gasteiger partial charge in [-0.2, -0.15) is 8.78 Å². The standard InChI is InChI=1S/C18H26F2N4O3/c1-3-21-18(23-12-16(25)24-8-4-5-9-24)22-11-13-6-7-14(26-2)15(10-13)27-17(19)20/h6-7,10,17H,3-5,8-9,11-12H2,1-2H3,(H2,21,22,23). The van der Waals surface area contributed by atoms with Gasteiger partial charge in [0.25, 0.3) is 0 Å². The van der Waals surface area contributed by atoms with E-state index in [2.05, 4.69) is 20.4 Å². The second kappa shape index (κ2) is 10.5. The van der Waals surface area contributed by atoms with Gasteiger partial charge in [-0.15, -0.1) is 0 Å². The van der Waals surface area contributed by atoms with Crippen LogP contribution in [0, 0.1) is 0 Å². The number of methoxy groups -OCH3 is 1. The number of nitrogens with one attached hydrogen (secondary N) is 2. The van der Waals surface area contributed by atoms with Crippen LogP contribution in [0.2, 0.25) is 0 Å². The predicted molar refractivity (Wildman–Crippen MR) is 98.3 cm³/mol. The van der Waals surface area contributed by atoms with E-state index in [-0.39, 0.29) is 30.5 Å². The Labute approximate surface area is 157 Å². The number of carbonyl (C=O) groups excluding carboxylic acids is 1. The highest BCUT2D eigenvalue weighted by molar-refractivity contribution is 5.86. The van der Waals surface area contributed by atoms with Crippen LogP contribution >= 0.6 is 0 Å². The van der Waals surface area contributed by atoms with Gasteiger partial charge in [-0.3, -0.25) is 4.79 Å². The number of carbonyl (C=O) groups is 1. The SMILES string of the molecule is CCNC(=NCc1ccc(OC)c(OC(F)F)c1)NCC(=O)N1CCCC1. The highest BCUT2D eigenvalue weighted by atomic mass is 19.3. The number of nitrogens with zero attached hydrogens (tertiary/aromatic N) is 2. The number of alkyl halides is 2. The average molecular weight is 384 g/mol. The van der Waals surface area contributed by atoms with E-state index < -0.39 is 6.61 Å². The number of benzene rings is 1. The zero-order valence-electron chi connectivity index (χ0n) is 15.6. The molecule has 2 N–H and O–H groups in total. The van der Waals surface area contributed by atoms with Crippen LogP contribution in [-0.4, -0.2) is 56.7 Å². The first kappa shape index (κ1) is 20.7. The van der Waals surface area contributed by atoms with Crippen LogP contribution in [0.3, 0.4) is 0 Å². The van der Waals surface area contributed by atoms with Gasteiger partial charge in [-0.1, -0.05) is 6.07 Å². The zero-order valence-corrected chi connectivity index (χ0v) is 15.6. The van der Waals surface area contributed by atoms with Gasteiger partial charge in [0.1, 0.15) is 0 Å². The molecule has 27 heavy (non-hydrogen) atoms. The first-order valence-corrected chi connectivity index (χ1v) is 8.95. The van der Waals surface area contributed by atoms with Crippen molar-refractivity contribution < 1.29 is 23.0 Å². The zero-order chi connectivity index (χ0) is 19.6. The molecular weight excluding hydrogens is 358 g/mol. The van der Waals surface area contributed by atoms with Gasteiger partial charge in [0.05, 0.1) is 20.2 Å². The minimum Gasteiger partial charge on any atom is -0.493 e. The lowest BCUT2D eigenvalue weighted by molar-refractivity contribution is -0.128. The van der Waals surface area contributed by atoms with Gasteiger partial charge < -0.3 is 25.0 Å². The molecule has 7 nitrogen and oxygen atoms in total. The van der Waals surface area contributed by atoms with Crippen LogP contribution in [0.4, 0.5) is 8.78 Å². The largest absolute Gasteiger partial charge is 0.493 e. The summed E-state index contributed by atoms with van der Waals surface area (Å²) in [5.74, 6) is 0.707. The van der Waals surface area contributed by atoms with Crippen molar-refractivity contribution in [1.82, 2.24) is 15.5 Å². The maximum atomic E-state index is 12.5. The van der Waals surface area contributed by atoms with Gasteiger partial charge in [0.15, 0.2) is 17.5 Å². The van der Waals surface area contributed by atoms with E-state index in [0.717, 1.165) is 25.9 Å². The van der Waals surface area contributed by atoms with Crippen molar-refractivity contribution >= 4 is 11.9 Å². The van der Waals surface area contributed by atoms with Crippen LogP contribution in [0.1, 0.15) is 25.3 Å². The van der Waals surface area contributed by atoms with Crippen molar-refractivity contribution in [2.45, 2.75) is 32.9 Å². The molecule has 1 amide bonds. The van der Waals surface area contributed by atoms with E-state index >= 15 is 0 Å². The van der Waals surface area contributed by atoms with Crippen molar-refractivity contribution in [3.63, 3.8) is 0 Å². The molecule has 1 heterocycles. The monoisotopic (exact) mass is 384 g/mol. The van der Waals surface area contributed by atoms with E-state index in [1.165, 1.54) is 13.2 Å². The fraction of sp³-hybridized carbons (Fsp3) is 0.556. The summed E-state index contributed by atoms with van der Waals surface area (Å²) in [6.45, 7) is 1.60. The molecule has 1 aliphatic heterocycles. The summed E-state index contributed by atoms with van der Waals surface area (Å²) in [7, 11) is 1.38. The topological polar surface area (TPSA) is 75.2 Å². The summed E-state index contributed by atoms with van der Waals surface area (Å²) in [4.78, 5) is 18.4. The fourth-order valence-corrected chi connectivity index (χ4v) is 2.76. The first-order valence-electron chi connectivity index (χ1n) is 8.95. The van der Waals surface area contributed by atoms with Crippen molar-refractivity contribution in [3.05, 3.63) is 23.8 Å². The molecule has 0 bridgehead atoms. The second-order valence-corrected chi connectivity index (χ2v) is 6.00. The molecule has 9 heteroatoms. The number of guanidine groups is 1. The van der Waals surface area contributed by atoms with Crippen LogP contribution < -0.4 is 20.1 Å². The molecular formula is C18H26F2N4O3. The van der Waals surface area contributed by atoms with Crippen LogP contribution in [0.15, 0.2) is 23.2 Å². The molecule has 0 aromatic heterocycles. The summed E-state index contributed by atoms with van der Waals surface area (Å²) < 4.78 is 34.5. The Morgan fingerprint density at radius 2 is 2.00 bits per heavy atom. The molecule has 1 fully saturated rings. The third-order valence-electron chi connectivity index (χ3n) is 4.07. The maximum absolute atomic E-state index is 12.5. The Morgan fingerprint density at radius 3 is 2.63 bits per heavy atom. The lowest BCUT2D eigenvalue weighted by Gasteiger charge is -2.17. The van der Waals surface area contributed by atoms with Gasteiger partial charge in [-0.25, -0.2) is 4.99 Å². The second-order valence-electron chi connectivity index (χ2n) is 6.00. The van der Waals surface area contributed by atoms with E-state index in [0.29, 0.717) is 18.1 Å². The quantitative estimate of drug-likeness (QED) is 0.530. The number of hydrogen-bond donors (Lipinski definition) is 2. The minimum atomic E-state index is -2.94. The summed E-state index contributed by atoms with van der Waals surface area (Å²) >= 11 is 0. The molecule has 0 aliphatic carbocycles. The molecule has 0 saturated carbocycles. The van der Waals surface area contributed by atoms with Crippen molar-refractivity contribution in [3.8, 4) is 11.5 Å². The Kier molecular flexibility index (Phi) is 8.09. The van der Waals surface area contributed by atoms with E-state index in [4.69, 9.17) is 4.74 Å². The molecule has 0 radical (unpaired) electrons. The molecule has 1 aliphatic rings. The number of ether oxygens (including phenoxy) is 2. The van der Waals surface area contributed by atoms with Crippen LogP contribution in [0.25, 0.3) is 0 Å². The Morgan fingerprint density at radius 1 is 1.26 bits per heavy atom. The molecule has 0 atom stereocenters. The minimum absolute atomic E-state index is 0.0372. The Balaban J connectivity index is 1.99. The Hall–Kier alpha value is -2.58. The molecule has 1 aromatic carbocycles. The number of halogens is 2. The molecule has 0 spiro atoms. The smallest absolute Gasteiger partial charge is 0.387 e. The first-order chi connectivity index (χ1) is 13.0. The summed E-state index contributed by atoms with van der Waals surface area (Å²) in [5.41, 5.74) is 0.675. The highest BCUT2D eigenvalue weighted by Gasteiger charge is 2.17. The predicted octanol–water partition coefficient (Wildman–Crippen LogP) is 1.97. The molecule has 150 valence electrons. The fourth-order valence-electron chi connectivity index (χ4n) is 2.76. The number of rotatable bonds is 8. The number of aliphatic imine (C=N–C) groups is 1. The van der Waals surface area contributed by atoms with Crippen molar-refractivity contribution in [2.24, 2.45) is 4.99 Å². The van der Waals surface area contributed by atoms with E-state index in [1.54, 1.807) is 12.1 Å². The van der Waals surface area contributed by atoms with Gasteiger partial charge in [0, 0.05) is 19.6 Å². The third-order valence-corrected chi connectivity index (χ3v) is 4.07. The number of amides is 1. The number of hydrogen-bond acceptors (Lipinski definition) is 4. The Bertz CT molecular complexity index is 649. The van der Waals surface area contributed by atoms with Gasteiger partial charge >= 0.3 is 6.61 Å². The normalized spacial score (nSPS) is 14.4. The molecule has 1 aromatic rings. The molecule has 0 unspecified atom stereocenters. The highest BCUT2D eigenvalue weighted by Crippen LogP contribution is 2.29. The van der Waals surface area contributed by atoms with Crippen molar-refractivity contribution in [1.29, 1.82) is 0 Å². The van der Waals surface area contributed by atoms with Gasteiger partial charge in [0.2, 0.25) is 5.91 Å². The van der Waals surface area contributed by atoms with Crippen molar-refractivity contribution in [2.75, 3.05) is 33.3 Å². The maximum Gasteiger partial charge on any atom is 0.387 e. The molecule has 2 rings (SSSR count). The van der Waals surface area contributed by atoms with Gasteiger partial charge in [-0.05, 0) is 37.5 Å². The lowest BCUT2D eigenvalue weighted by Crippen LogP contribution is -2.44. The lowest BCUT2D eigenvalue weighted by atomic mass is 10.2. The summed E-state index contributed by atoms with van der Waals surface area (Å²) in [6.07, 6.45) is 2.08. The number of likely N-dealkylation sites (tertiary alicyclic amines) is 1. The third kappa shape index (κ3) is 6.58. The average Bonchev–Trinajstić information content (AvgIpc) is 3.18. The van der Waals surface area contributed by atoms with E-state index in [9.17, 15) is 13.6 Å². The van der Waals surface area contributed by atoms with Crippen LogP contribution in [-0.2, 0) is 11.3 Å². The van der Waals surface area contributed by atoms with E-state index in [1.807, 2.05) is 11.8 Å².